The van der Waals surface area contributed by atoms with E-state index in [0.717, 1.165) is 25.3 Å². The maximum absolute atomic E-state index is 13.0. The number of sulfonamides is 1. The summed E-state index contributed by atoms with van der Waals surface area (Å²) >= 11 is 0. The van der Waals surface area contributed by atoms with Gasteiger partial charge in [-0.1, -0.05) is 6.42 Å². The van der Waals surface area contributed by atoms with Gasteiger partial charge in [-0.2, -0.15) is 4.72 Å². The van der Waals surface area contributed by atoms with Gasteiger partial charge in [0.15, 0.2) is 0 Å². The molecule has 2 bridgehead atoms. The number of nitrogens with one attached hydrogen (secondary N) is 1. The van der Waals surface area contributed by atoms with Crippen LogP contribution in [0.25, 0.3) is 0 Å². The molecule has 1 aromatic carbocycles. The van der Waals surface area contributed by atoms with E-state index in [-0.39, 0.29) is 22.3 Å². The molecular weight excluding hydrogens is 370 g/mol. The lowest BCUT2D eigenvalue weighted by Gasteiger charge is -2.37. The highest BCUT2D eigenvalue weighted by Gasteiger charge is 2.53. The Bertz CT molecular complexity index is 909. The molecule has 2 saturated carbocycles. The van der Waals surface area contributed by atoms with E-state index in [0.29, 0.717) is 23.5 Å². The molecule has 2 fully saturated rings. The van der Waals surface area contributed by atoms with E-state index in [1.54, 1.807) is 13.8 Å². The first kappa shape index (κ1) is 19.8. The highest BCUT2D eigenvalue weighted by Crippen LogP contribution is 2.52. The zero-order chi connectivity index (χ0) is 20.1. The van der Waals surface area contributed by atoms with Crippen LogP contribution in [0.5, 0.6) is 0 Å². The van der Waals surface area contributed by atoms with Crippen molar-refractivity contribution in [3.8, 4) is 0 Å². The van der Waals surface area contributed by atoms with Gasteiger partial charge in [-0.05, 0) is 81.0 Å². The highest BCUT2D eigenvalue weighted by atomic mass is 32.2. The van der Waals surface area contributed by atoms with Crippen molar-refractivity contribution in [3.05, 3.63) is 28.8 Å². The summed E-state index contributed by atoms with van der Waals surface area (Å²) in [7, 11) is -4.21. The van der Waals surface area contributed by atoms with Crippen molar-refractivity contribution < 1.29 is 28.2 Å². The fourth-order valence-electron chi connectivity index (χ4n) is 4.77. The molecule has 0 amide bonds. The largest absolute Gasteiger partial charge is 0.480 e. The molecule has 2 aliphatic rings. The second-order valence-corrected chi connectivity index (χ2v) is 9.79. The number of carboxylic acids is 2. The van der Waals surface area contributed by atoms with Crippen LogP contribution in [0.4, 0.5) is 0 Å². The first-order valence-electron chi connectivity index (χ1n) is 9.07. The highest BCUT2D eigenvalue weighted by molar-refractivity contribution is 7.89. The molecule has 0 saturated heterocycles. The Balaban J connectivity index is 1.99. The number of hydrogen-bond acceptors (Lipinski definition) is 4. The van der Waals surface area contributed by atoms with Crippen LogP contribution >= 0.6 is 0 Å². The Labute approximate surface area is 158 Å². The molecule has 0 radical (unpaired) electrons. The van der Waals surface area contributed by atoms with Crippen LogP contribution in [-0.4, -0.2) is 36.1 Å². The molecule has 0 heterocycles. The number of carbonyl (C=O) groups is 2. The summed E-state index contributed by atoms with van der Waals surface area (Å²) < 4.78 is 28.4. The third-order valence-electron chi connectivity index (χ3n) is 6.45. The molecule has 1 aromatic rings. The normalized spacial score (nSPS) is 26.7. The molecule has 3 N–H and O–H groups in total. The number of aromatic carboxylic acids is 1. The van der Waals surface area contributed by atoms with Gasteiger partial charge in [-0.3, -0.25) is 4.79 Å². The maximum atomic E-state index is 13.0. The predicted octanol–water partition coefficient (Wildman–Crippen LogP) is 2.56. The fourth-order valence-corrected chi connectivity index (χ4v) is 6.29. The summed E-state index contributed by atoms with van der Waals surface area (Å²) in [5, 5.41) is 19.2. The third-order valence-corrected chi connectivity index (χ3v) is 8.00. The number of aryl methyl sites for hydroxylation is 1. The Kier molecular flexibility index (Phi) is 4.84. The number of carboxylic acid groups (broad SMARTS) is 2. The van der Waals surface area contributed by atoms with E-state index in [2.05, 4.69) is 4.72 Å². The van der Waals surface area contributed by atoms with Gasteiger partial charge in [-0.15, -0.1) is 0 Å². The van der Waals surface area contributed by atoms with Gasteiger partial charge in [0.25, 0.3) is 0 Å². The Morgan fingerprint density at radius 3 is 2.30 bits per heavy atom. The van der Waals surface area contributed by atoms with E-state index in [4.69, 9.17) is 0 Å². The molecule has 0 aliphatic heterocycles. The van der Waals surface area contributed by atoms with Crippen molar-refractivity contribution in [2.45, 2.75) is 56.9 Å². The molecule has 2 aliphatic carbocycles. The van der Waals surface area contributed by atoms with E-state index in [1.807, 2.05) is 0 Å². The second-order valence-electron chi connectivity index (χ2n) is 8.11. The lowest BCUT2D eigenvalue weighted by molar-refractivity contribution is -0.146. The topological polar surface area (TPSA) is 121 Å². The molecule has 0 aromatic heterocycles. The van der Waals surface area contributed by atoms with Crippen LogP contribution in [0.3, 0.4) is 0 Å². The summed E-state index contributed by atoms with van der Waals surface area (Å²) in [4.78, 5) is 23.3. The van der Waals surface area contributed by atoms with Gasteiger partial charge in [-0.25, -0.2) is 13.2 Å². The van der Waals surface area contributed by atoms with Gasteiger partial charge in [0.05, 0.1) is 10.5 Å². The molecule has 4 unspecified atom stereocenters. The summed E-state index contributed by atoms with van der Waals surface area (Å²) in [6.07, 6.45) is 3.64. The minimum atomic E-state index is -4.21. The quantitative estimate of drug-likeness (QED) is 0.681. The first-order valence-corrected chi connectivity index (χ1v) is 10.6. The van der Waals surface area contributed by atoms with Crippen LogP contribution < -0.4 is 4.72 Å². The first-order chi connectivity index (χ1) is 12.5. The van der Waals surface area contributed by atoms with Crippen molar-refractivity contribution >= 4 is 22.0 Å². The fraction of sp³-hybridized carbons (Fsp3) is 0.579. The van der Waals surface area contributed by atoms with Gasteiger partial charge >= 0.3 is 11.9 Å². The minimum absolute atomic E-state index is 0.104. The lowest BCUT2D eigenvalue weighted by Crippen LogP contribution is -2.58. The van der Waals surface area contributed by atoms with Crippen molar-refractivity contribution in [2.75, 3.05) is 0 Å². The van der Waals surface area contributed by atoms with E-state index in [1.165, 1.54) is 13.0 Å². The Morgan fingerprint density at radius 2 is 1.81 bits per heavy atom. The standard InChI is InChI=1S/C19H25NO6S/c1-10-6-14(9-15(11(10)2)17(21)22)27(25,26)20-19(3,18(23)24)16-8-12-4-5-13(16)7-12/h6,9,12-13,16,20H,4-5,7-8H2,1-3H3,(H,21,22)(H,23,24). The second kappa shape index (κ2) is 6.60. The monoisotopic (exact) mass is 395 g/mol. The summed E-state index contributed by atoms with van der Waals surface area (Å²) in [5.74, 6) is -2.03. The Hall–Kier alpha value is -1.93. The van der Waals surface area contributed by atoms with Crippen LogP contribution in [0.15, 0.2) is 17.0 Å². The molecular formula is C19H25NO6S. The molecule has 7 nitrogen and oxygen atoms in total. The predicted molar refractivity (Wildman–Crippen MR) is 98.2 cm³/mol. The van der Waals surface area contributed by atoms with Crippen LogP contribution in [-0.2, 0) is 14.8 Å². The number of aliphatic carboxylic acids is 1. The SMILES string of the molecule is Cc1cc(S(=O)(=O)NC(C)(C(=O)O)C2CC3CCC2C3)cc(C(=O)O)c1C. The molecule has 27 heavy (non-hydrogen) atoms. The molecule has 4 atom stereocenters. The summed E-state index contributed by atoms with van der Waals surface area (Å²) in [6.45, 7) is 4.67. The van der Waals surface area contributed by atoms with Crippen molar-refractivity contribution in [1.29, 1.82) is 0 Å². The number of fused-ring (bicyclic) bond motifs is 2. The number of hydrogen-bond donors (Lipinski definition) is 3. The summed E-state index contributed by atoms with van der Waals surface area (Å²) in [5.41, 5.74) is -0.726. The van der Waals surface area contributed by atoms with Gasteiger partial charge in [0.2, 0.25) is 10.0 Å². The van der Waals surface area contributed by atoms with Crippen molar-refractivity contribution in [2.24, 2.45) is 17.8 Å². The molecule has 8 heteroatoms. The molecule has 3 rings (SSSR count). The zero-order valence-corrected chi connectivity index (χ0v) is 16.5. The average molecular weight is 395 g/mol. The Morgan fingerprint density at radius 1 is 1.15 bits per heavy atom. The van der Waals surface area contributed by atoms with Crippen LogP contribution in [0.1, 0.15) is 54.1 Å². The number of benzene rings is 1. The third kappa shape index (κ3) is 3.36. The molecule has 148 valence electrons. The maximum Gasteiger partial charge on any atom is 0.336 e. The van der Waals surface area contributed by atoms with Crippen LogP contribution in [0, 0.1) is 31.6 Å². The van der Waals surface area contributed by atoms with Gasteiger partial charge < -0.3 is 10.2 Å². The smallest absolute Gasteiger partial charge is 0.336 e. The average Bonchev–Trinajstić information content (AvgIpc) is 3.19. The zero-order valence-electron chi connectivity index (χ0n) is 15.7. The van der Waals surface area contributed by atoms with E-state index in [9.17, 15) is 28.2 Å². The van der Waals surface area contributed by atoms with Crippen LogP contribution in [0.2, 0.25) is 0 Å². The van der Waals surface area contributed by atoms with E-state index >= 15 is 0 Å². The van der Waals surface area contributed by atoms with Crippen molar-refractivity contribution in [3.63, 3.8) is 0 Å². The lowest BCUT2D eigenvalue weighted by atomic mass is 9.75. The summed E-state index contributed by atoms with van der Waals surface area (Å²) in [6, 6.07) is 2.48. The van der Waals surface area contributed by atoms with Gasteiger partial charge in [0.1, 0.15) is 5.54 Å². The van der Waals surface area contributed by atoms with E-state index < -0.39 is 27.5 Å². The minimum Gasteiger partial charge on any atom is -0.480 e. The van der Waals surface area contributed by atoms with Crippen molar-refractivity contribution in [1.82, 2.24) is 4.72 Å². The number of rotatable bonds is 6. The molecule has 0 spiro atoms. The van der Waals surface area contributed by atoms with Gasteiger partial charge in [0, 0.05) is 0 Å².